The van der Waals surface area contributed by atoms with Gasteiger partial charge >= 0.3 is 0 Å². The Morgan fingerprint density at radius 2 is 1.90 bits per heavy atom. The van der Waals surface area contributed by atoms with Gasteiger partial charge in [0.2, 0.25) is 5.91 Å². The molecule has 0 unspecified atom stereocenters. The fourth-order valence-corrected chi connectivity index (χ4v) is 2.81. The molecule has 3 rings (SSSR count). The molecule has 0 fully saturated rings. The average Bonchev–Trinajstić information content (AvgIpc) is 2.82. The van der Waals surface area contributed by atoms with Gasteiger partial charge in [0.25, 0.3) is 0 Å². The molecule has 0 heterocycles. The van der Waals surface area contributed by atoms with E-state index in [0.717, 1.165) is 12.1 Å². The summed E-state index contributed by atoms with van der Waals surface area (Å²) in [7, 11) is 0. The Labute approximate surface area is 123 Å². The van der Waals surface area contributed by atoms with Crippen LogP contribution in [0.5, 0.6) is 0 Å². The van der Waals surface area contributed by atoms with Crippen molar-refractivity contribution in [3.63, 3.8) is 0 Å². The van der Waals surface area contributed by atoms with Crippen LogP contribution in [-0.2, 0) is 11.2 Å². The van der Waals surface area contributed by atoms with Crippen LogP contribution in [0, 0.1) is 0 Å². The molecule has 0 bridgehead atoms. The predicted molar refractivity (Wildman–Crippen MR) is 83.3 cm³/mol. The molecule has 0 aromatic heterocycles. The third-order valence-corrected chi connectivity index (χ3v) is 3.88. The van der Waals surface area contributed by atoms with E-state index in [1.807, 2.05) is 6.07 Å². The van der Waals surface area contributed by atoms with Crippen LogP contribution in [0.1, 0.15) is 24.0 Å². The summed E-state index contributed by atoms with van der Waals surface area (Å²) >= 11 is 5.60. The maximum Gasteiger partial charge on any atom is 0.224 e. The molecule has 3 heteroatoms. The maximum absolute atomic E-state index is 11.7. The third-order valence-electron chi connectivity index (χ3n) is 3.61. The number of nitrogens with one attached hydrogen (secondary N) is 1. The minimum atomic E-state index is 0.0288. The van der Waals surface area contributed by atoms with Crippen molar-refractivity contribution < 1.29 is 4.79 Å². The Bertz CT molecular complexity index is 651. The summed E-state index contributed by atoms with van der Waals surface area (Å²) in [6, 6.07) is 14.6. The molecule has 0 radical (unpaired) electrons. The van der Waals surface area contributed by atoms with Crippen LogP contribution in [0.4, 0.5) is 5.69 Å². The van der Waals surface area contributed by atoms with Gasteiger partial charge in [0.1, 0.15) is 0 Å². The maximum atomic E-state index is 11.7. The number of hydrogen-bond donors (Lipinski definition) is 1. The first-order chi connectivity index (χ1) is 9.78. The van der Waals surface area contributed by atoms with Crippen LogP contribution in [-0.4, -0.2) is 11.8 Å². The Balaban J connectivity index is 1.79. The second-order valence-corrected chi connectivity index (χ2v) is 5.42. The lowest BCUT2D eigenvalue weighted by Crippen LogP contribution is -2.11. The van der Waals surface area contributed by atoms with Gasteiger partial charge in [-0.2, -0.15) is 0 Å². The molecule has 0 saturated heterocycles. The van der Waals surface area contributed by atoms with Crippen molar-refractivity contribution in [1.29, 1.82) is 0 Å². The zero-order valence-electron chi connectivity index (χ0n) is 11.2. The van der Waals surface area contributed by atoms with Crippen LogP contribution in [0.15, 0.2) is 42.5 Å². The lowest BCUT2D eigenvalue weighted by Gasteiger charge is -2.07. The Hall–Kier alpha value is -1.80. The Morgan fingerprint density at radius 1 is 1.10 bits per heavy atom. The molecule has 1 aliphatic carbocycles. The van der Waals surface area contributed by atoms with Gasteiger partial charge in [-0.05, 0) is 47.2 Å². The SMILES string of the molecule is O=C(CCCCl)Nc1ccc2c(c1)Cc1ccccc1-2. The van der Waals surface area contributed by atoms with Crippen LogP contribution < -0.4 is 5.32 Å². The van der Waals surface area contributed by atoms with E-state index in [-0.39, 0.29) is 5.91 Å². The highest BCUT2D eigenvalue weighted by molar-refractivity contribution is 6.18. The van der Waals surface area contributed by atoms with E-state index in [0.29, 0.717) is 18.7 Å². The number of benzene rings is 2. The monoisotopic (exact) mass is 285 g/mol. The second-order valence-electron chi connectivity index (χ2n) is 5.05. The first-order valence-corrected chi connectivity index (χ1v) is 7.38. The molecule has 2 aromatic carbocycles. The van der Waals surface area contributed by atoms with Gasteiger partial charge in [-0.3, -0.25) is 4.79 Å². The van der Waals surface area contributed by atoms with E-state index in [4.69, 9.17) is 11.6 Å². The van der Waals surface area contributed by atoms with Crippen molar-refractivity contribution >= 4 is 23.2 Å². The number of carbonyl (C=O) groups excluding carboxylic acids is 1. The van der Waals surface area contributed by atoms with Crippen LogP contribution in [0.2, 0.25) is 0 Å². The summed E-state index contributed by atoms with van der Waals surface area (Å²) in [5.41, 5.74) is 6.09. The Morgan fingerprint density at radius 3 is 2.75 bits per heavy atom. The van der Waals surface area contributed by atoms with Crippen LogP contribution in [0.25, 0.3) is 11.1 Å². The molecular weight excluding hydrogens is 270 g/mol. The molecule has 102 valence electrons. The van der Waals surface area contributed by atoms with Crippen molar-refractivity contribution in [2.75, 3.05) is 11.2 Å². The highest BCUT2D eigenvalue weighted by Crippen LogP contribution is 2.37. The highest BCUT2D eigenvalue weighted by atomic mass is 35.5. The van der Waals surface area contributed by atoms with E-state index in [9.17, 15) is 4.79 Å². The van der Waals surface area contributed by atoms with Gasteiger partial charge in [0.15, 0.2) is 0 Å². The van der Waals surface area contributed by atoms with E-state index in [1.54, 1.807) is 0 Å². The lowest BCUT2D eigenvalue weighted by molar-refractivity contribution is -0.116. The van der Waals surface area contributed by atoms with Crippen molar-refractivity contribution in [1.82, 2.24) is 0 Å². The number of hydrogen-bond acceptors (Lipinski definition) is 1. The van der Waals surface area contributed by atoms with E-state index >= 15 is 0 Å². The summed E-state index contributed by atoms with van der Waals surface area (Å²) in [5, 5.41) is 2.94. The number of alkyl halides is 1. The topological polar surface area (TPSA) is 29.1 Å². The molecule has 20 heavy (non-hydrogen) atoms. The van der Waals surface area contributed by atoms with Crippen molar-refractivity contribution in [3.05, 3.63) is 53.6 Å². The highest BCUT2D eigenvalue weighted by Gasteiger charge is 2.18. The fourth-order valence-electron chi connectivity index (χ4n) is 2.67. The molecule has 0 aliphatic heterocycles. The van der Waals surface area contributed by atoms with E-state index in [1.165, 1.54) is 22.3 Å². The van der Waals surface area contributed by atoms with Gasteiger partial charge in [-0.25, -0.2) is 0 Å². The predicted octanol–water partition coefficient (Wildman–Crippen LogP) is 4.22. The third kappa shape index (κ3) is 2.56. The molecule has 1 N–H and O–H groups in total. The number of amides is 1. The molecule has 2 nitrogen and oxygen atoms in total. The van der Waals surface area contributed by atoms with E-state index in [2.05, 4.69) is 41.7 Å². The Kier molecular flexibility index (Phi) is 3.75. The van der Waals surface area contributed by atoms with Crippen molar-refractivity contribution in [2.24, 2.45) is 0 Å². The van der Waals surface area contributed by atoms with Crippen LogP contribution in [0.3, 0.4) is 0 Å². The minimum absolute atomic E-state index is 0.0288. The summed E-state index contributed by atoms with van der Waals surface area (Å²) < 4.78 is 0. The summed E-state index contributed by atoms with van der Waals surface area (Å²) in [6.07, 6.45) is 2.13. The molecular formula is C17H16ClNO. The molecule has 1 amide bonds. The van der Waals surface area contributed by atoms with E-state index < -0.39 is 0 Å². The normalized spacial score (nSPS) is 11.8. The smallest absolute Gasteiger partial charge is 0.224 e. The van der Waals surface area contributed by atoms with Gasteiger partial charge in [-0.1, -0.05) is 30.3 Å². The molecule has 2 aromatic rings. The number of carbonyl (C=O) groups is 1. The van der Waals surface area contributed by atoms with Gasteiger partial charge in [-0.15, -0.1) is 11.6 Å². The second kappa shape index (κ2) is 5.68. The fraction of sp³-hybridized carbons (Fsp3) is 0.235. The first kappa shape index (κ1) is 13.2. The molecule has 0 atom stereocenters. The largest absolute Gasteiger partial charge is 0.326 e. The summed E-state index contributed by atoms with van der Waals surface area (Å²) in [6.45, 7) is 0. The molecule has 0 spiro atoms. The zero-order valence-corrected chi connectivity index (χ0v) is 11.9. The van der Waals surface area contributed by atoms with Crippen LogP contribution >= 0.6 is 11.6 Å². The number of anilines is 1. The zero-order chi connectivity index (χ0) is 13.9. The summed E-state index contributed by atoms with van der Waals surface area (Å²) in [5.74, 6) is 0.550. The van der Waals surface area contributed by atoms with Gasteiger partial charge in [0, 0.05) is 18.0 Å². The lowest BCUT2D eigenvalue weighted by atomic mass is 10.1. The average molecular weight is 286 g/mol. The quantitative estimate of drug-likeness (QED) is 0.715. The van der Waals surface area contributed by atoms with Gasteiger partial charge in [0.05, 0.1) is 0 Å². The van der Waals surface area contributed by atoms with Gasteiger partial charge < -0.3 is 5.32 Å². The standard InChI is InChI=1S/C17H16ClNO/c18-9-3-6-17(20)19-14-7-8-16-13(11-14)10-12-4-1-2-5-15(12)16/h1-2,4-5,7-8,11H,3,6,9-10H2,(H,19,20). The first-order valence-electron chi connectivity index (χ1n) is 6.85. The summed E-state index contributed by atoms with van der Waals surface area (Å²) in [4.78, 5) is 11.7. The molecule has 0 saturated carbocycles. The number of fused-ring (bicyclic) bond motifs is 3. The van der Waals surface area contributed by atoms with Crippen molar-refractivity contribution in [3.8, 4) is 11.1 Å². The van der Waals surface area contributed by atoms with Crippen molar-refractivity contribution in [2.45, 2.75) is 19.3 Å². The number of rotatable bonds is 4. The number of halogens is 1. The molecule has 1 aliphatic rings. The minimum Gasteiger partial charge on any atom is -0.326 e.